The van der Waals surface area contributed by atoms with Gasteiger partial charge in [0.15, 0.2) is 0 Å². The molecule has 0 saturated carbocycles. The molecule has 156 valence electrons. The molecule has 30 heavy (non-hydrogen) atoms. The number of likely N-dealkylation sites (N-methyl/N-ethyl adjacent to an activating group) is 1. The quantitative estimate of drug-likeness (QED) is 0.456. The van der Waals surface area contributed by atoms with E-state index in [0.717, 1.165) is 16.5 Å². The number of aryl methyl sites for hydroxylation is 1. The van der Waals surface area contributed by atoms with Crippen molar-refractivity contribution in [2.24, 2.45) is 0 Å². The lowest BCUT2D eigenvalue weighted by atomic mass is 10.1. The van der Waals surface area contributed by atoms with Crippen LogP contribution in [0.2, 0.25) is 0 Å². The number of nitrogens with one attached hydrogen (secondary N) is 1. The number of H-pyrrole nitrogens is 1. The largest absolute Gasteiger partial charge is 0.466 e. The summed E-state index contributed by atoms with van der Waals surface area (Å²) in [5, 5.41) is 0.901. The fourth-order valence-corrected chi connectivity index (χ4v) is 3.10. The molecule has 3 aromatic rings. The number of carbonyl (C=O) groups is 2. The summed E-state index contributed by atoms with van der Waals surface area (Å²) in [5.74, 6) is 0.689. The summed E-state index contributed by atoms with van der Waals surface area (Å²) < 4.78 is 10.5. The van der Waals surface area contributed by atoms with Gasteiger partial charge in [-0.3, -0.25) is 14.4 Å². The number of pyridine rings is 1. The first kappa shape index (κ1) is 21.1. The lowest BCUT2D eigenvalue weighted by Crippen LogP contribution is -2.25. The van der Waals surface area contributed by atoms with E-state index in [1.807, 2.05) is 24.3 Å². The van der Waals surface area contributed by atoms with E-state index in [1.165, 1.54) is 17.0 Å². The zero-order valence-corrected chi connectivity index (χ0v) is 17.0. The third kappa shape index (κ3) is 5.47. The molecule has 7 nitrogen and oxygen atoms in total. The summed E-state index contributed by atoms with van der Waals surface area (Å²) in [5.41, 5.74) is 1.31. The monoisotopic (exact) mass is 408 g/mol. The first-order chi connectivity index (χ1) is 14.5. The maximum Gasteiger partial charge on any atom is 0.306 e. The molecule has 1 amide bonds. The Morgan fingerprint density at radius 2 is 2.00 bits per heavy atom. The van der Waals surface area contributed by atoms with Crippen molar-refractivity contribution < 1.29 is 18.7 Å². The van der Waals surface area contributed by atoms with E-state index in [1.54, 1.807) is 32.2 Å². The maximum atomic E-state index is 12.5. The highest BCUT2D eigenvalue weighted by atomic mass is 16.5. The van der Waals surface area contributed by atoms with Gasteiger partial charge < -0.3 is 19.0 Å². The number of para-hydroxylation sites is 1. The summed E-state index contributed by atoms with van der Waals surface area (Å²) in [6.07, 6.45) is 3.69. The summed E-state index contributed by atoms with van der Waals surface area (Å²) in [6.45, 7) is 2.42. The Bertz CT molecular complexity index is 1130. The number of furan rings is 1. The van der Waals surface area contributed by atoms with Crippen LogP contribution in [-0.2, 0) is 27.3 Å². The van der Waals surface area contributed by atoms with Crippen LogP contribution in [0.5, 0.6) is 0 Å². The number of hydrogen-bond donors (Lipinski definition) is 1. The molecule has 3 rings (SSSR count). The number of esters is 1. The molecule has 0 fully saturated rings. The Morgan fingerprint density at radius 1 is 1.20 bits per heavy atom. The number of amides is 1. The Labute approximate surface area is 174 Å². The van der Waals surface area contributed by atoms with E-state index in [2.05, 4.69) is 4.98 Å². The fourth-order valence-electron chi connectivity index (χ4n) is 3.10. The molecule has 2 aromatic heterocycles. The molecule has 7 heteroatoms. The van der Waals surface area contributed by atoms with Gasteiger partial charge in [-0.15, -0.1) is 0 Å². The summed E-state index contributed by atoms with van der Waals surface area (Å²) >= 11 is 0. The van der Waals surface area contributed by atoms with Crippen molar-refractivity contribution >= 4 is 28.9 Å². The van der Waals surface area contributed by atoms with Crippen molar-refractivity contribution in [1.29, 1.82) is 0 Å². The van der Waals surface area contributed by atoms with Crippen molar-refractivity contribution in [1.82, 2.24) is 9.88 Å². The number of aromatic amines is 1. The van der Waals surface area contributed by atoms with Gasteiger partial charge in [0.2, 0.25) is 11.5 Å². The highest BCUT2D eigenvalue weighted by Gasteiger charge is 2.10. The van der Waals surface area contributed by atoms with E-state index in [9.17, 15) is 14.4 Å². The van der Waals surface area contributed by atoms with Crippen LogP contribution >= 0.6 is 0 Å². The van der Waals surface area contributed by atoms with Gasteiger partial charge in [-0.25, -0.2) is 0 Å². The first-order valence-electron chi connectivity index (χ1n) is 9.74. The zero-order valence-electron chi connectivity index (χ0n) is 17.0. The van der Waals surface area contributed by atoms with Crippen LogP contribution in [0, 0.1) is 0 Å². The Balaban J connectivity index is 1.62. The molecular formula is C23H24N2O5. The molecule has 1 aromatic carbocycles. The smallest absolute Gasteiger partial charge is 0.306 e. The predicted molar refractivity (Wildman–Crippen MR) is 114 cm³/mol. The second-order valence-corrected chi connectivity index (χ2v) is 6.84. The zero-order chi connectivity index (χ0) is 21.5. The maximum absolute atomic E-state index is 12.5. The number of benzene rings is 1. The standard InChI is InChI=1S/C23H24N2O5/c1-3-29-23(28)13-11-18-9-8-17(30-18)10-12-22(27)25(2)15-16-14-21(26)24-20-7-5-4-6-19(16)20/h4-10,12,14H,3,11,13,15H2,1-2H3,(H,24,26). The average Bonchev–Trinajstić information content (AvgIpc) is 3.18. The van der Waals surface area contributed by atoms with Gasteiger partial charge in [0.25, 0.3) is 0 Å². The number of ether oxygens (including phenoxy) is 1. The minimum absolute atomic E-state index is 0.203. The number of nitrogens with zero attached hydrogens (tertiary/aromatic N) is 1. The van der Waals surface area contributed by atoms with Crippen molar-refractivity contribution in [3.63, 3.8) is 0 Å². The molecule has 0 aliphatic carbocycles. The van der Waals surface area contributed by atoms with Gasteiger partial charge in [-0.2, -0.15) is 0 Å². The van der Waals surface area contributed by atoms with E-state index in [-0.39, 0.29) is 23.9 Å². The lowest BCUT2D eigenvalue weighted by molar-refractivity contribution is -0.143. The van der Waals surface area contributed by atoms with Crippen LogP contribution in [0.3, 0.4) is 0 Å². The van der Waals surface area contributed by atoms with Gasteiger partial charge in [-0.05, 0) is 36.8 Å². The van der Waals surface area contributed by atoms with Gasteiger partial charge in [0.1, 0.15) is 11.5 Å². The molecule has 0 bridgehead atoms. The minimum atomic E-state index is -0.268. The highest BCUT2D eigenvalue weighted by Crippen LogP contribution is 2.16. The van der Waals surface area contributed by atoms with Crippen LogP contribution < -0.4 is 5.56 Å². The molecular weight excluding hydrogens is 384 g/mol. The topological polar surface area (TPSA) is 92.6 Å². The van der Waals surface area contributed by atoms with Crippen LogP contribution in [0.15, 0.2) is 57.8 Å². The van der Waals surface area contributed by atoms with Gasteiger partial charge in [-0.1, -0.05) is 18.2 Å². The van der Waals surface area contributed by atoms with Crippen LogP contribution in [-0.4, -0.2) is 35.4 Å². The third-order valence-corrected chi connectivity index (χ3v) is 4.57. The van der Waals surface area contributed by atoms with Gasteiger partial charge in [0, 0.05) is 43.1 Å². The average molecular weight is 408 g/mol. The molecule has 0 saturated heterocycles. The van der Waals surface area contributed by atoms with Crippen LogP contribution in [0.25, 0.3) is 17.0 Å². The van der Waals surface area contributed by atoms with Crippen molar-refractivity contribution in [3.05, 3.63) is 76.0 Å². The number of hydrogen-bond acceptors (Lipinski definition) is 5. The van der Waals surface area contributed by atoms with E-state index < -0.39 is 0 Å². The van der Waals surface area contributed by atoms with Gasteiger partial charge in [0.05, 0.1) is 13.0 Å². The molecule has 0 aliphatic heterocycles. The lowest BCUT2D eigenvalue weighted by Gasteiger charge is -2.16. The summed E-state index contributed by atoms with van der Waals surface area (Å²) in [7, 11) is 1.68. The van der Waals surface area contributed by atoms with Gasteiger partial charge >= 0.3 is 5.97 Å². The highest BCUT2D eigenvalue weighted by molar-refractivity contribution is 5.91. The van der Waals surface area contributed by atoms with Crippen molar-refractivity contribution in [3.8, 4) is 0 Å². The number of aromatic nitrogens is 1. The third-order valence-electron chi connectivity index (χ3n) is 4.57. The molecule has 0 radical (unpaired) electrons. The second kappa shape index (κ2) is 9.73. The SMILES string of the molecule is CCOC(=O)CCc1ccc(C=CC(=O)N(C)Cc2cc(=O)[nH]c3ccccc23)o1. The van der Waals surface area contributed by atoms with Crippen LogP contribution in [0.4, 0.5) is 0 Å². The Kier molecular flexibility index (Phi) is 6.85. The van der Waals surface area contributed by atoms with E-state index >= 15 is 0 Å². The second-order valence-electron chi connectivity index (χ2n) is 6.84. The molecule has 0 aliphatic rings. The van der Waals surface area contributed by atoms with Crippen molar-refractivity contribution in [2.75, 3.05) is 13.7 Å². The van der Waals surface area contributed by atoms with E-state index in [4.69, 9.17) is 9.15 Å². The number of rotatable bonds is 8. The molecule has 0 spiro atoms. The first-order valence-corrected chi connectivity index (χ1v) is 9.74. The molecule has 2 heterocycles. The molecule has 0 atom stereocenters. The predicted octanol–water partition coefficient (Wildman–Crippen LogP) is 3.29. The summed E-state index contributed by atoms with van der Waals surface area (Å²) in [4.78, 5) is 40.1. The molecule has 0 unspecified atom stereocenters. The van der Waals surface area contributed by atoms with Crippen molar-refractivity contribution in [2.45, 2.75) is 26.3 Å². The number of fused-ring (bicyclic) bond motifs is 1. The normalized spacial score (nSPS) is 11.1. The number of carbonyl (C=O) groups excluding carboxylic acids is 2. The van der Waals surface area contributed by atoms with E-state index in [0.29, 0.717) is 31.1 Å². The molecule has 1 N–H and O–H groups in total. The van der Waals surface area contributed by atoms with Crippen LogP contribution in [0.1, 0.15) is 30.4 Å². The Morgan fingerprint density at radius 3 is 2.80 bits per heavy atom. The fraction of sp³-hybridized carbons (Fsp3) is 0.261. The summed E-state index contributed by atoms with van der Waals surface area (Å²) in [6, 6.07) is 12.5. The minimum Gasteiger partial charge on any atom is -0.466 e. The Hall–Kier alpha value is -3.61.